The van der Waals surface area contributed by atoms with E-state index in [0.717, 1.165) is 23.0 Å². The van der Waals surface area contributed by atoms with Crippen LogP contribution in [0.4, 0.5) is 11.4 Å². The highest BCUT2D eigenvalue weighted by atomic mass is 16.3. The maximum absolute atomic E-state index is 10.1. The minimum atomic E-state index is -0.383. The van der Waals surface area contributed by atoms with Gasteiger partial charge in [-0.15, -0.1) is 0 Å². The zero-order valence-corrected chi connectivity index (χ0v) is 12.4. The van der Waals surface area contributed by atoms with E-state index in [9.17, 15) is 5.11 Å². The number of hydrogen-bond acceptors (Lipinski definition) is 4. The molecule has 1 heterocycles. The molecule has 1 atom stereocenters. The van der Waals surface area contributed by atoms with Crippen LogP contribution in [0.3, 0.4) is 0 Å². The van der Waals surface area contributed by atoms with Crippen molar-refractivity contribution in [2.24, 2.45) is 5.41 Å². The van der Waals surface area contributed by atoms with Gasteiger partial charge in [0.1, 0.15) is 0 Å². The molecule has 2 rings (SSSR count). The number of fused-ring (bicyclic) bond motifs is 1. The van der Waals surface area contributed by atoms with Crippen LogP contribution in [-0.2, 0) is 0 Å². The number of anilines is 2. The number of aromatic nitrogens is 1. The molecule has 0 radical (unpaired) electrons. The lowest BCUT2D eigenvalue weighted by molar-refractivity contribution is 0.132. The minimum Gasteiger partial charge on any atom is -0.398 e. The van der Waals surface area contributed by atoms with Crippen LogP contribution in [0, 0.1) is 5.41 Å². The number of benzene rings is 1. The van der Waals surface area contributed by atoms with Crippen LogP contribution in [0.2, 0.25) is 0 Å². The molecule has 0 spiro atoms. The quantitative estimate of drug-likeness (QED) is 0.749. The molecule has 0 aliphatic rings. The van der Waals surface area contributed by atoms with E-state index in [0.29, 0.717) is 12.2 Å². The normalized spacial score (nSPS) is 13.4. The van der Waals surface area contributed by atoms with E-state index in [1.165, 1.54) is 0 Å². The van der Waals surface area contributed by atoms with E-state index >= 15 is 0 Å². The third-order valence-electron chi connectivity index (χ3n) is 3.18. The van der Waals surface area contributed by atoms with Gasteiger partial charge in [0.2, 0.25) is 0 Å². The standard InChI is InChI=1S/C16H23N3O/c1-16(2,3)9-11(20)10-19-14-7-6-13(17)12-5-4-8-18-15(12)14/h4-8,11,19-20H,9-10,17H2,1-3H3. The Bertz CT molecular complexity index is 590. The summed E-state index contributed by atoms with van der Waals surface area (Å²) in [4.78, 5) is 4.37. The van der Waals surface area contributed by atoms with Gasteiger partial charge in [-0.2, -0.15) is 0 Å². The molecule has 0 saturated carbocycles. The summed E-state index contributed by atoms with van der Waals surface area (Å²) >= 11 is 0. The van der Waals surface area contributed by atoms with E-state index in [4.69, 9.17) is 5.73 Å². The average Bonchev–Trinajstić information content (AvgIpc) is 2.36. The molecule has 4 heteroatoms. The number of nitrogens with zero attached hydrogens (tertiary/aromatic N) is 1. The molecule has 0 aliphatic heterocycles. The van der Waals surface area contributed by atoms with Crippen molar-refractivity contribution < 1.29 is 5.11 Å². The van der Waals surface area contributed by atoms with Gasteiger partial charge in [-0.25, -0.2) is 0 Å². The summed E-state index contributed by atoms with van der Waals surface area (Å²) in [6, 6.07) is 7.60. The van der Waals surface area contributed by atoms with Crippen LogP contribution < -0.4 is 11.1 Å². The summed E-state index contributed by atoms with van der Waals surface area (Å²) < 4.78 is 0. The number of nitrogen functional groups attached to an aromatic ring is 1. The molecule has 0 saturated heterocycles. The van der Waals surface area contributed by atoms with E-state index in [1.807, 2.05) is 24.3 Å². The maximum atomic E-state index is 10.1. The summed E-state index contributed by atoms with van der Waals surface area (Å²) in [5.74, 6) is 0. The second-order valence-electron chi connectivity index (χ2n) is 6.40. The topological polar surface area (TPSA) is 71.2 Å². The number of aliphatic hydroxyl groups is 1. The lowest BCUT2D eigenvalue weighted by Crippen LogP contribution is -2.25. The number of pyridine rings is 1. The Hall–Kier alpha value is -1.81. The molecule has 0 amide bonds. The Labute approximate surface area is 120 Å². The van der Waals surface area contributed by atoms with Crippen molar-refractivity contribution in [2.45, 2.75) is 33.3 Å². The van der Waals surface area contributed by atoms with Crippen LogP contribution >= 0.6 is 0 Å². The Morgan fingerprint density at radius 3 is 2.75 bits per heavy atom. The highest BCUT2D eigenvalue weighted by Gasteiger charge is 2.16. The Morgan fingerprint density at radius 2 is 2.05 bits per heavy atom. The number of nitrogens with one attached hydrogen (secondary N) is 1. The predicted molar refractivity (Wildman–Crippen MR) is 84.7 cm³/mol. The van der Waals surface area contributed by atoms with Crippen molar-refractivity contribution in [2.75, 3.05) is 17.6 Å². The average molecular weight is 273 g/mol. The van der Waals surface area contributed by atoms with Gasteiger partial charge >= 0.3 is 0 Å². The lowest BCUT2D eigenvalue weighted by atomic mass is 9.89. The first-order chi connectivity index (χ1) is 9.37. The third kappa shape index (κ3) is 3.61. The molecule has 20 heavy (non-hydrogen) atoms. The summed E-state index contributed by atoms with van der Waals surface area (Å²) in [5, 5.41) is 14.3. The SMILES string of the molecule is CC(C)(C)CC(O)CNc1ccc(N)c2cccnc12. The number of rotatable bonds is 4. The van der Waals surface area contributed by atoms with Gasteiger partial charge in [0.05, 0.1) is 17.3 Å². The van der Waals surface area contributed by atoms with Gasteiger partial charge in [-0.05, 0) is 36.1 Å². The summed E-state index contributed by atoms with van der Waals surface area (Å²) in [7, 11) is 0. The predicted octanol–water partition coefficient (Wildman–Crippen LogP) is 3.03. The van der Waals surface area contributed by atoms with Crippen molar-refractivity contribution in [3.05, 3.63) is 30.5 Å². The van der Waals surface area contributed by atoms with Gasteiger partial charge in [-0.1, -0.05) is 20.8 Å². The summed E-state index contributed by atoms with van der Waals surface area (Å²) in [5.41, 5.74) is 8.53. The van der Waals surface area contributed by atoms with E-state index in [2.05, 4.69) is 31.1 Å². The van der Waals surface area contributed by atoms with Gasteiger partial charge in [0.15, 0.2) is 0 Å². The Kier molecular flexibility index (Phi) is 4.14. The first kappa shape index (κ1) is 14.6. The fraction of sp³-hybridized carbons (Fsp3) is 0.438. The van der Waals surface area contributed by atoms with Gasteiger partial charge in [-0.3, -0.25) is 4.98 Å². The molecule has 0 bridgehead atoms. The molecule has 0 fully saturated rings. The van der Waals surface area contributed by atoms with Crippen molar-refractivity contribution in [3.63, 3.8) is 0 Å². The molecular weight excluding hydrogens is 250 g/mol. The van der Waals surface area contributed by atoms with E-state index in [-0.39, 0.29) is 11.5 Å². The van der Waals surface area contributed by atoms with Crippen LogP contribution in [0.15, 0.2) is 30.5 Å². The summed E-state index contributed by atoms with van der Waals surface area (Å²) in [6.45, 7) is 6.87. The molecule has 0 aliphatic carbocycles. The molecule has 4 N–H and O–H groups in total. The van der Waals surface area contributed by atoms with Gasteiger partial charge in [0, 0.05) is 23.8 Å². The van der Waals surface area contributed by atoms with E-state index in [1.54, 1.807) is 6.20 Å². The molecule has 1 aromatic carbocycles. The zero-order chi connectivity index (χ0) is 14.8. The molecule has 4 nitrogen and oxygen atoms in total. The molecule has 1 aromatic heterocycles. The smallest absolute Gasteiger partial charge is 0.0953 e. The highest BCUT2D eigenvalue weighted by molar-refractivity contribution is 5.98. The first-order valence-electron chi connectivity index (χ1n) is 6.92. The van der Waals surface area contributed by atoms with Crippen LogP contribution in [-0.4, -0.2) is 22.7 Å². The van der Waals surface area contributed by atoms with Crippen molar-refractivity contribution in [1.82, 2.24) is 4.98 Å². The third-order valence-corrected chi connectivity index (χ3v) is 3.18. The van der Waals surface area contributed by atoms with Crippen molar-refractivity contribution in [3.8, 4) is 0 Å². The Balaban J connectivity index is 2.13. The highest BCUT2D eigenvalue weighted by Crippen LogP contribution is 2.27. The molecule has 1 unspecified atom stereocenters. The van der Waals surface area contributed by atoms with Gasteiger partial charge in [0.25, 0.3) is 0 Å². The van der Waals surface area contributed by atoms with E-state index < -0.39 is 0 Å². The lowest BCUT2D eigenvalue weighted by Gasteiger charge is -2.23. The second kappa shape index (κ2) is 5.67. The molecule has 108 valence electrons. The number of hydrogen-bond donors (Lipinski definition) is 3. The number of aliphatic hydroxyl groups excluding tert-OH is 1. The zero-order valence-electron chi connectivity index (χ0n) is 12.4. The largest absolute Gasteiger partial charge is 0.398 e. The fourth-order valence-electron chi connectivity index (χ4n) is 2.34. The minimum absolute atomic E-state index is 0.114. The van der Waals surface area contributed by atoms with Crippen molar-refractivity contribution in [1.29, 1.82) is 0 Å². The summed E-state index contributed by atoms with van der Waals surface area (Å²) in [6.07, 6.45) is 2.12. The molecule has 2 aromatic rings. The second-order valence-corrected chi connectivity index (χ2v) is 6.40. The van der Waals surface area contributed by atoms with Crippen LogP contribution in [0.5, 0.6) is 0 Å². The monoisotopic (exact) mass is 273 g/mol. The van der Waals surface area contributed by atoms with Crippen LogP contribution in [0.25, 0.3) is 10.9 Å². The fourth-order valence-corrected chi connectivity index (χ4v) is 2.34. The number of nitrogens with two attached hydrogens (primary N) is 1. The van der Waals surface area contributed by atoms with Crippen LogP contribution in [0.1, 0.15) is 27.2 Å². The van der Waals surface area contributed by atoms with Gasteiger partial charge < -0.3 is 16.2 Å². The first-order valence-corrected chi connectivity index (χ1v) is 6.92. The Morgan fingerprint density at radius 1 is 1.30 bits per heavy atom. The maximum Gasteiger partial charge on any atom is 0.0953 e. The van der Waals surface area contributed by atoms with Crippen molar-refractivity contribution >= 4 is 22.3 Å². The molecular formula is C16H23N3O.